The molecule has 0 atom stereocenters. The van der Waals surface area contributed by atoms with Crippen LogP contribution in [-0.4, -0.2) is 10.9 Å². The van der Waals surface area contributed by atoms with Gasteiger partial charge in [0.1, 0.15) is 10.8 Å². The Kier molecular flexibility index (Phi) is 4.35. The number of carbonyl (C=O) groups is 1. The number of nitrogens with zero attached hydrogens (tertiary/aromatic N) is 1. The van der Waals surface area contributed by atoms with Crippen molar-refractivity contribution in [3.8, 4) is 21.8 Å². The van der Waals surface area contributed by atoms with Crippen molar-refractivity contribution < 1.29 is 9.18 Å². The number of carbonyl (C=O) groups excluding carboxylic acids is 1. The van der Waals surface area contributed by atoms with Gasteiger partial charge in [-0.1, -0.05) is 23.2 Å². The summed E-state index contributed by atoms with van der Waals surface area (Å²) in [5.41, 5.74) is 7.24. The standard InChI is InChI=1S/C16H9Cl2FN2OS/c17-8-1-3-11(13(18)5-8)14-7-23-16(21-14)12-6-9(19)2-4-10(12)15(20)22/h1-7H,(H2,20,22). The van der Waals surface area contributed by atoms with E-state index in [9.17, 15) is 9.18 Å². The number of hydrogen-bond donors (Lipinski definition) is 1. The van der Waals surface area contributed by atoms with Gasteiger partial charge in [-0.3, -0.25) is 4.79 Å². The van der Waals surface area contributed by atoms with E-state index >= 15 is 0 Å². The molecule has 0 fully saturated rings. The minimum atomic E-state index is -0.638. The van der Waals surface area contributed by atoms with E-state index in [0.29, 0.717) is 31.9 Å². The van der Waals surface area contributed by atoms with E-state index < -0.39 is 11.7 Å². The van der Waals surface area contributed by atoms with E-state index in [1.165, 1.54) is 29.5 Å². The van der Waals surface area contributed by atoms with Crippen LogP contribution in [-0.2, 0) is 0 Å². The maximum Gasteiger partial charge on any atom is 0.249 e. The van der Waals surface area contributed by atoms with Crippen LogP contribution < -0.4 is 5.73 Å². The highest BCUT2D eigenvalue weighted by molar-refractivity contribution is 7.13. The Morgan fingerprint density at radius 1 is 1.13 bits per heavy atom. The van der Waals surface area contributed by atoms with Crippen molar-refractivity contribution >= 4 is 40.4 Å². The van der Waals surface area contributed by atoms with Crippen LogP contribution in [0.2, 0.25) is 10.0 Å². The highest BCUT2D eigenvalue weighted by Crippen LogP contribution is 2.35. The Morgan fingerprint density at radius 2 is 1.91 bits per heavy atom. The van der Waals surface area contributed by atoms with Gasteiger partial charge in [0.25, 0.3) is 0 Å². The van der Waals surface area contributed by atoms with Crippen LogP contribution in [0.5, 0.6) is 0 Å². The Bertz CT molecular complexity index is 911. The first kappa shape index (κ1) is 15.9. The molecule has 0 bridgehead atoms. The van der Waals surface area contributed by atoms with Crippen molar-refractivity contribution in [2.75, 3.05) is 0 Å². The van der Waals surface area contributed by atoms with E-state index in [1.54, 1.807) is 23.6 Å². The van der Waals surface area contributed by atoms with Gasteiger partial charge >= 0.3 is 0 Å². The zero-order valence-corrected chi connectivity index (χ0v) is 13.8. The summed E-state index contributed by atoms with van der Waals surface area (Å²) in [6, 6.07) is 8.86. The maximum absolute atomic E-state index is 13.5. The van der Waals surface area contributed by atoms with Crippen molar-refractivity contribution in [2.24, 2.45) is 5.73 Å². The highest BCUT2D eigenvalue weighted by Gasteiger charge is 2.16. The van der Waals surface area contributed by atoms with Crippen LogP contribution in [0, 0.1) is 5.82 Å². The van der Waals surface area contributed by atoms with E-state index in [2.05, 4.69) is 4.98 Å². The molecule has 1 heterocycles. The second kappa shape index (κ2) is 6.28. The van der Waals surface area contributed by atoms with Crippen LogP contribution in [0.1, 0.15) is 10.4 Å². The van der Waals surface area contributed by atoms with Crippen molar-refractivity contribution in [3.63, 3.8) is 0 Å². The lowest BCUT2D eigenvalue weighted by Gasteiger charge is -2.04. The molecule has 0 saturated carbocycles. The number of hydrogen-bond acceptors (Lipinski definition) is 3. The number of halogens is 3. The zero-order chi connectivity index (χ0) is 16.6. The fraction of sp³-hybridized carbons (Fsp3) is 0. The lowest BCUT2D eigenvalue weighted by molar-refractivity contribution is 0.100. The Labute approximate surface area is 145 Å². The first-order valence-electron chi connectivity index (χ1n) is 6.46. The third kappa shape index (κ3) is 3.22. The number of amides is 1. The second-order valence-corrected chi connectivity index (χ2v) is 6.42. The molecule has 2 N–H and O–H groups in total. The lowest BCUT2D eigenvalue weighted by atomic mass is 10.1. The predicted molar refractivity (Wildman–Crippen MR) is 91.5 cm³/mol. The quantitative estimate of drug-likeness (QED) is 0.707. The molecule has 3 rings (SSSR count). The maximum atomic E-state index is 13.5. The molecule has 7 heteroatoms. The smallest absolute Gasteiger partial charge is 0.249 e. The van der Waals surface area contributed by atoms with Crippen molar-refractivity contribution in [3.05, 3.63) is 63.2 Å². The number of thiazole rings is 1. The summed E-state index contributed by atoms with van der Waals surface area (Å²) in [6.07, 6.45) is 0. The fourth-order valence-electron chi connectivity index (χ4n) is 2.13. The van der Waals surface area contributed by atoms with Gasteiger partial charge in [0.15, 0.2) is 0 Å². The molecule has 2 aromatic carbocycles. The number of rotatable bonds is 3. The fourth-order valence-corrected chi connectivity index (χ4v) is 3.48. The van der Waals surface area contributed by atoms with Crippen molar-refractivity contribution in [2.45, 2.75) is 0 Å². The van der Waals surface area contributed by atoms with Crippen LogP contribution in [0.3, 0.4) is 0 Å². The summed E-state index contributed by atoms with van der Waals surface area (Å²) in [5.74, 6) is -1.10. The van der Waals surface area contributed by atoms with Gasteiger partial charge in [0.05, 0.1) is 10.7 Å². The van der Waals surface area contributed by atoms with Gasteiger partial charge in [0.2, 0.25) is 5.91 Å². The number of primary amides is 1. The minimum Gasteiger partial charge on any atom is -0.366 e. The van der Waals surface area contributed by atoms with E-state index in [-0.39, 0.29) is 5.56 Å². The summed E-state index contributed by atoms with van der Waals surface area (Å²) < 4.78 is 13.5. The van der Waals surface area contributed by atoms with Gasteiger partial charge < -0.3 is 5.73 Å². The van der Waals surface area contributed by atoms with Gasteiger partial charge in [-0.15, -0.1) is 11.3 Å². The average molecular weight is 367 g/mol. The molecular weight excluding hydrogens is 358 g/mol. The Balaban J connectivity index is 2.09. The van der Waals surface area contributed by atoms with Crippen molar-refractivity contribution in [1.29, 1.82) is 0 Å². The van der Waals surface area contributed by atoms with Gasteiger partial charge in [-0.05, 0) is 36.4 Å². The molecule has 0 aliphatic heterocycles. The Morgan fingerprint density at radius 3 is 2.61 bits per heavy atom. The van der Waals surface area contributed by atoms with E-state index in [4.69, 9.17) is 28.9 Å². The normalized spacial score (nSPS) is 10.7. The number of nitrogens with two attached hydrogens (primary N) is 1. The van der Waals surface area contributed by atoms with Crippen LogP contribution in [0.25, 0.3) is 21.8 Å². The van der Waals surface area contributed by atoms with Crippen LogP contribution in [0.15, 0.2) is 41.8 Å². The molecule has 0 aliphatic rings. The number of benzene rings is 2. The van der Waals surface area contributed by atoms with Gasteiger partial charge in [-0.2, -0.15) is 0 Å². The molecule has 3 aromatic rings. The molecule has 1 aromatic heterocycles. The summed E-state index contributed by atoms with van der Waals surface area (Å²) in [5, 5.41) is 3.25. The molecule has 0 unspecified atom stereocenters. The molecule has 0 saturated heterocycles. The van der Waals surface area contributed by atoms with Gasteiger partial charge in [0, 0.05) is 27.1 Å². The van der Waals surface area contributed by atoms with E-state index in [0.717, 1.165) is 0 Å². The predicted octanol–water partition coefficient (Wildman–Crippen LogP) is 5.02. The Hall–Kier alpha value is -1.95. The topological polar surface area (TPSA) is 56.0 Å². The summed E-state index contributed by atoms with van der Waals surface area (Å²) in [4.78, 5) is 16.0. The lowest BCUT2D eigenvalue weighted by Crippen LogP contribution is -2.12. The molecule has 23 heavy (non-hydrogen) atoms. The van der Waals surface area contributed by atoms with Crippen molar-refractivity contribution in [1.82, 2.24) is 4.98 Å². The largest absolute Gasteiger partial charge is 0.366 e. The van der Waals surface area contributed by atoms with Crippen LogP contribution in [0.4, 0.5) is 4.39 Å². The molecule has 1 amide bonds. The monoisotopic (exact) mass is 366 g/mol. The first-order chi connectivity index (χ1) is 11.0. The summed E-state index contributed by atoms with van der Waals surface area (Å²) >= 11 is 13.3. The first-order valence-corrected chi connectivity index (χ1v) is 8.10. The molecule has 0 aliphatic carbocycles. The van der Waals surface area contributed by atoms with E-state index in [1.807, 2.05) is 0 Å². The third-order valence-corrected chi connectivity index (χ3v) is 4.61. The minimum absolute atomic E-state index is 0.217. The molecule has 0 radical (unpaired) electrons. The zero-order valence-electron chi connectivity index (χ0n) is 11.5. The molecular formula is C16H9Cl2FN2OS. The van der Waals surface area contributed by atoms with Crippen LogP contribution >= 0.6 is 34.5 Å². The van der Waals surface area contributed by atoms with Gasteiger partial charge in [-0.25, -0.2) is 9.37 Å². The highest BCUT2D eigenvalue weighted by atomic mass is 35.5. The SMILES string of the molecule is NC(=O)c1ccc(F)cc1-c1nc(-c2ccc(Cl)cc2Cl)cs1. The molecule has 3 nitrogen and oxygen atoms in total. The summed E-state index contributed by atoms with van der Waals surface area (Å²) in [7, 11) is 0. The third-order valence-electron chi connectivity index (χ3n) is 3.19. The summed E-state index contributed by atoms with van der Waals surface area (Å²) in [6.45, 7) is 0. The molecule has 116 valence electrons. The average Bonchev–Trinajstić information content (AvgIpc) is 2.96. The molecule has 0 spiro atoms. The number of aromatic nitrogens is 1. The second-order valence-electron chi connectivity index (χ2n) is 4.72.